The van der Waals surface area contributed by atoms with Crippen molar-refractivity contribution in [2.24, 2.45) is 17.3 Å². The van der Waals surface area contributed by atoms with Crippen molar-refractivity contribution in [3.8, 4) is 5.75 Å². The van der Waals surface area contributed by atoms with E-state index >= 15 is 0 Å². The van der Waals surface area contributed by atoms with Crippen LogP contribution in [0.4, 0.5) is 5.69 Å². The fourth-order valence-electron chi connectivity index (χ4n) is 6.70. The number of methoxy groups -OCH3 is 1. The molecule has 2 unspecified atom stereocenters. The second-order valence-corrected chi connectivity index (χ2v) is 11.1. The lowest BCUT2D eigenvalue weighted by molar-refractivity contribution is -0.155. The van der Waals surface area contributed by atoms with E-state index in [0.29, 0.717) is 5.91 Å². The van der Waals surface area contributed by atoms with Gasteiger partial charge < -0.3 is 14.5 Å². The van der Waals surface area contributed by atoms with Crippen LogP contribution in [0.2, 0.25) is 0 Å². The number of amides is 1. The number of piperazine rings is 1. The van der Waals surface area contributed by atoms with E-state index in [9.17, 15) is 4.79 Å². The van der Waals surface area contributed by atoms with Crippen molar-refractivity contribution in [2.75, 3.05) is 38.2 Å². The molecule has 146 valence electrons. The van der Waals surface area contributed by atoms with E-state index < -0.39 is 0 Å². The molecule has 1 aromatic rings. The van der Waals surface area contributed by atoms with Crippen LogP contribution in [0.5, 0.6) is 5.75 Å². The molecule has 1 heterocycles. The van der Waals surface area contributed by atoms with Gasteiger partial charge in [-0.1, -0.05) is 15.9 Å². The largest absolute Gasteiger partial charge is 0.497 e. The molecule has 4 nitrogen and oxygen atoms in total. The molecule has 5 fully saturated rings. The molecule has 0 aromatic heterocycles. The van der Waals surface area contributed by atoms with Crippen LogP contribution in [-0.2, 0) is 4.79 Å². The van der Waals surface area contributed by atoms with Crippen molar-refractivity contribution in [2.45, 2.75) is 42.8 Å². The third-order valence-corrected chi connectivity index (χ3v) is 8.38. The molecule has 0 spiro atoms. The summed E-state index contributed by atoms with van der Waals surface area (Å²) in [6.07, 6.45) is 7.24. The number of rotatable bonds is 3. The van der Waals surface area contributed by atoms with Gasteiger partial charge >= 0.3 is 0 Å². The zero-order valence-corrected chi connectivity index (χ0v) is 17.7. The van der Waals surface area contributed by atoms with Gasteiger partial charge in [0, 0.05) is 36.2 Å². The number of anilines is 1. The van der Waals surface area contributed by atoms with Gasteiger partial charge in [0.2, 0.25) is 5.91 Å². The summed E-state index contributed by atoms with van der Waals surface area (Å²) in [6, 6.07) is 8.25. The smallest absolute Gasteiger partial charge is 0.228 e. The molecular weight excluding hydrogens is 404 g/mol. The average molecular weight is 433 g/mol. The molecule has 27 heavy (non-hydrogen) atoms. The molecule has 0 N–H and O–H groups in total. The van der Waals surface area contributed by atoms with Crippen LogP contribution in [0.25, 0.3) is 0 Å². The minimum Gasteiger partial charge on any atom is -0.497 e. The first-order chi connectivity index (χ1) is 13.0. The predicted octanol–water partition coefficient (Wildman–Crippen LogP) is 4.08. The minimum absolute atomic E-state index is 0.0735. The molecule has 2 atom stereocenters. The molecule has 1 aliphatic heterocycles. The van der Waals surface area contributed by atoms with Gasteiger partial charge in [-0.05, 0) is 74.6 Å². The van der Waals surface area contributed by atoms with Crippen molar-refractivity contribution in [3.63, 3.8) is 0 Å². The lowest BCUT2D eigenvalue weighted by atomic mass is 9.49. The van der Waals surface area contributed by atoms with Crippen LogP contribution in [0, 0.1) is 17.3 Å². The van der Waals surface area contributed by atoms with Crippen LogP contribution in [0.15, 0.2) is 24.3 Å². The third kappa shape index (κ3) is 3.06. The van der Waals surface area contributed by atoms with Crippen molar-refractivity contribution in [1.82, 2.24) is 4.90 Å². The second kappa shape index (κ2) is 6.40. The SMILES string of the molecule is COc1ccc(N2CCN(C(=O)C34CC5CC(CC(Br)(C5)C3)C4)CC2)cc1. The molecule has 1 aromatic carbocycles. The van der Waals surface area contributed by atoms with E-state index in [4.69, 9.17) is 4.74 Å². The highest BCUT2D eigenvalue weighted by atomic mass is 79.9. The first kappa shape index (κ1) is 17.8. The van der Waals surface area contributed by atoms with Gasteiger partial charge in [0.1, 0.15) is 5.75 Å². The average Bonchev–Trinajstić information content (AvgIpc) is 2.66. The van der Waals surface area contributed by atoms with E-state index in [1.807, 2.05) is 12.1 Å². The van der Waals surface area contributed by atoms with Crippen LogP contribution >= 0.6 is 15.9 Å². The molecule has 1 saturated heterocycles. The molecular formula is C22H29BrN2O2. The van der Waals surface area contributed by atoms with E-state index in [-0.39, 0.29) is 9.74 Å². The normalized spacial score (nSPS) is 37.6. The Hall–Kier alpha value is -1.23. The van der Waals surface area contributed by atoms with Gasteiger partial charge in [-0.2, -0.15) is 0 Å². The van der Waals surface area contributed by atoms with E-state index in [1.54, 1.807) is 7.11 Å². The Bertz CT molecular complexity index is 712. The number of benzene rings is 1. The monoisotopic (exact) mass is 432 g/mol. The molecule has 5 heteroatoms. The number of alkyl halides is 1. The van der Waals surface area contributed by atoms with Gasteiger partial charge in [0.25, 0.3) is 0 Å². The Labute approximate surface area is 170 Å². The van der Waals surface area contributed by atoms with Gasteiger partial charge in [0.05, 0.1) is 12.5 Å². The maximum absolute atomic E-state index is 13.6. The summed E-state index contributed by atoms with van der Waals surface area (Å²) < 4.78 is 5.50. The molecule has 0 radical (unpaired) electrons. The van der Waals surface area contributed by atoms with Crippen LogP contribution < -0.4 is 9.64 Å². The van der Waals surface area contributed by atoms with Gasteiger partial charge in [-0.25, -0.2) is 0 Å². The Morgan fingerprint density at radius 3 is 2.22 bits per heavy atom. The fraction of sp³-hybridized carbons (Fsp3) is 0.682. The molecule has 5 aliphatic rings. The maximum atomic E-state index is 13.6. The quantitative estimate of drug-likeness (QED) is 0.674. The Kier molecular flexibility index (Phi) is 4.23. The molecule has 4 aliphatic carbocycles. The minimum atomic E-state index is -0.0735. The summed E-state index contributed by atoms with van der Waals surface area (Å²) in [4.78, 5) is 18.1. The van der Waals surface area contributed by atoms with Crippen molar-refractivity contribution < 1.29 is 9.53 Å². The van der Waals surface area contributed by atoms with Gasteiger partial charge in [-0.15, -0.1) is 0 Å². The first-order valence-corrected chi connectivity index (χ1v) is 11.2. The first-order valence-electron chi connectivity index (χ1n) is 10.4. The van der Waals surface area contributed by atoms with Crippen LogP contribution in [-0.4, -0.2) is 48.4 Å². The summed E-state index contributed by atoms with van der Waals surface area (Å²) in [5, 5.41) is 0. The number of hydrogen-bond donors (Lipinski definition) is 0. The third-order valence-electron chi connectivity index (χ3n) is 7.45. The fourth-order valence-corrected chi connectivity index (χ4v) is 8.15. The summed E-state index contributed by atoms with van der Waals surface area (Å²) >= 11 is 4.05. The van der Waals surface area contributed by atoms with E-state index in [0.717, 1.165) is 63.0 Å². The van der Waals surface area contributed by atoms with Crippen LogP contribution in [0.1, 0.15) is 38.5 Å². The lowest BCUT2D eigenvalue weighted by Gasteiger charge is -2.60. The number of nitrogens with zero attached hydrogens (tertiary/aromatic N) is 2. The number of carbonyl (C=O) groups excluding carboxylic acids is 1. The highest BCUT2D eigenvalue weighted by Crippen LogP contribution is 2.64. The lowest BCUT2D eigenvalue weighted by Crippen LogP contribution is -2.61. The molecule has 1 amide bonds. The van der Waals surface area contributed by atoms with Crippen molar-refractivity contribution in [1.29, 1.82) is 0 Å². The molecule has 4 saturated carbocycles. The van der Waals surface area contributed by atoms with Crippen LogP contribution in [0.3, 0.4) is 0 Å². The standard InChI is InChI=1S/C22H29BrN2O2/c1-27-19-4-2-18(3-5-19)24-6-8-25(9-7-24)20(26)21-11-16-10-17(12-21)14-22(23,13-16)15-21/h2-5,16-17H,6-15H2,1H3. The Morgan fingerprint density at radius 1 is 1.04 bits per heavy atom. The highest BCUT2D eigenvalue weighted by Gasteiger charge is 2.60. The van der Waals surface area contributed by atoms with Crippen molar-refractivity contribution in [3.05, 3.63) is 24.3 Å². The van der Waals surface area contributed by atoms with E-state index in [1.165, 1.54) is 24.9 Å². The van der Waals surface area contributed by atoms with E-state index in [2.05, 4.69) is 37.9 Å². The molecule has 6 rings (SSSR count). The number of halogens is 1. The predicted molar refractivity (Wildman–Crippen MR) is 111 cm³/mol. The number of carbonyl (C=O) groups is 1. The second-order valence-electron chi connectivity index (χ2n) is 9.37. The zero-order chi connectivity index (χ0) is 18.6. The Morgan fingerprint density at radius 2 is 1.67 bits per heavy atom. The van der Waals surface area contributed by atoms with Crippen molar-refractivity contribution >= 4 is 27.5 Å². The summed E-state index contributed by atoms with van der Waals surface area (Å²) in [6.45, 7) is 3.52. The Balaban J connectivity index is 1.26. The topological polar surface area (TPSA) is 32.8 Å². The number of hydrogen-bond acceptors (Lipinski definition) is 3. The highest BCUT2D eigenvalue weighted by molar-refractivity contribution is 9.10. The van der Waals surface area contributed by atoms with Gasteiger partial charge in [-0.3, -0.25) is 4.79 Å². The summed E-state index contributed by atoms with van der Waals surface area (Å²) in [7, 11) is 1.70. The van der Waals surface area contributed by atoms with Gasteiger partial charge in [0.15, 0.2) is 0 Å². The molecule has 4 bridgehead atoms. The summed E-state index contributed by atoms with van der Waals surface area (Å²) in [5.41, 5.74) is 1.15. The zero-order valence-electron chi connectivity index (χ0n) is 16.1. The number of ether oxygens (including phenoxy) is 1. The maximum Gasteiger partial charge on any atom is 0.228 e. The summed E-state index contributed by atoms with van der Waals surface area (Å²) in [5.74, 6) is 2.86.